The Kier molecular flexibility index (Phi) is 5.76. The number of nitrogens with one attached hydrogen (secondary N) is 1. The fourth-order valence-corrected chi connectivity index (χ4v) is 5.86. The minimum atomic E-state index is -0.0598. The molecule has 28 heavy (non-hydrogen) atoms. The molecule has 0 saturated heterocycles. The van der Waals surface area contributed by atoms with E-state index in [0.29, 0.717) is 42.0 Å². The molecule has 0 aromatic rings. The molecule has 4 unspecified atom stereocenters. The van der Waals surface area contributed by atoms with E-state index in [9.17, 15) is 9.59 Å². The minimum Gasteiger partial charge on any atom is -0.382 e. The fraction of sp³-hybridized carbons (Fsp3) is 0.680. The highest BCUT2D eigenvalue weighted by Gasteiger charge is 2.53. The van der Waals surface area contributed by atoms with Crippen LogP contribution in [0.1, 0.15) is 73.6 Å². The van der Waals surface area contributed by atoms with Crippen LogP contribution < -0.4 is 5.32 Å². The van der Waals surface area contributed by atoms with Crippen molar-refractivity contribution in [2.45, 2.75) is 73.6 Å². The Morgan fingerprint density at radius 1 is 1.18 bits per heavy atom. The molecule has 3 heteroatoms. The number of rotatable bonds is 5. The quantitative estimate of drug-likeness (QED) is 0.512. The average Bonchev–Trinajstić information content (AvgIpc) is 2.62. The summed E-state index contributed by atoms with van der Waals surface area (Å²) in [5.74, 6) is 1.47. The largest absolute Gasteiger partial charge is 0.382 e. The van der Waals surface area contributed by atoms with Crippen LogP contribution in [0.2, 0.25) is 0 Å². The predicted molar refractivity (Wildman–Crippen MR) is 115 cm³/mol. The Labute approximate surface area is 170 Å². The molecule has 154 valence electrons. The topological polar surface area (TPSA) is 46.2 Å². The Morgan fingerprint density at radius 2 is 1.89 bits per heavy atom. The van der Waals surface area contributed by atoms with E-state index in [2.05, 4.69) is 52.9 Å². The van der Waals surface area contributed by atoms with Gasteiger partial charge in [-0.25, -0.2) is 0 Å². The van der Waals surface area contributed by atoms with Crippen LogP contribution >= 0.6 is 0 Å². The van der Waals surface area contributed by atoms with Crippen LogP contribution in [0.15, 0.2) is 35.1 Å². The zero-order chi connectivity index (χ0) is 20.7. The second kappa shape index (κ2) is 7.65. The summed E-state index contributed by atoms with van der Waals surface area (Å²) in [6, 6.07) is 0. The Balaban J connectivity index is 1.87. The molecule has 0 radical (unpaired) electrons. The molecule has 0 aliphatic heterocycles. The molecule has 1 fully saturated rings. The molecule has 3 rings (SSSR count). The van der Waals surface area contributed by atoms with Gasteiger partial charge in [-0.15, -0.1) is 0 Å². The number of allylic oxidation sites excluding steroid dienone is 5. The van der Waals surface area contributed by atoms with Gasteiger partial charge in [-0.1, -0.05) is 46.3 Å². The zero-order valence-corrected chi connectivity index (χ0v) is 18.5. The second-order valence-corrected chi connectivity index (χ2v) is 10.3. The van der Waals surface area contributed by atoms with E-state index in [1.807, 2.05) is 0 Å². The third-order valence-electron chi connectivity index (χ3n) is 8.01. The maximum Gasteiger partial charge on any atom is 0.205 e. The molecule has 0 aromatic heterocycles. The lowest BCUT2D eigenvalue weighted by Crippen LogP contribution is -2.50. The van der Waals surface area contributed by atoms with Gasteiger partial charge in [0, 0.05) is 18.2 Å². The first-order valence-electron chi connectivity index (χ1n) is 11.0. The summed E-state index contributed by atoms with van der Waals surface area (Å²) in [4.78, 5) is 25.5. The highest BCUT2D eigenvalue weighted by atomic mass is 16.1. The van der Waals surface area contributed by atoms with Crippen molar-refractivity contribution in [3.05, 3.63) is 35.1 Å². The lowest BCUT2D eigenvalue weighted by molar-refractivity contribution is -0.116. The van der Waals surface area contributed by atoms with Gasteiger partial charge in [0.05, 0.1) is 5.70 Å². The number of ketones is 2. The van der Waals surface area contributed by atoms with Gasteiger partial charge < -0.3 is 5.32 Å². The lowest BCUT2D eigenvalue weighted by Gasteiger charge is -2.58. The van der Waals surface area contributed by atoms with Gasteiger partial charge in [0.15, 0.2) is 5.78 Å². The maximum atomic E-state index is 13.1. The number of Topliss-reactive ketones (excluding diaryl/α,β-unsaturated/α-hetero) is 1. The van der Waals surface area contributed by atoms with E-state index in [0.717, 1.165) is 6.42 Å². The van der Waals surface area contributed by atoms with Crippen LogP contribution in [0.4, 0.5) is 0 Å². The van der Waals surface area contributed by atoms with Crippen LogP contribution in [-0.4, -0.2) is 18.1 Å². The van der Waals surface area contributed by atoms with Crippen molar-refractivity contribution >= 4 is 11.6 Å². The summed E-state index contributed by atoms with van der Waals surface area (Å²) in [6.45, 7) is 14.3. The molecule has 0 bridgehead atoms. The molecule has 3 aliphatic rings. The van der Waals surface area contributed by atoms with Crippen molar-refractivity contribution in [2.24, 2.45) is 28.6 Å². The molecule has 0 spiro atoms. The highest BCUT2D eigenvalue weighted by Crippen LogP contribution is 2.62. The van der Waals surface area contributed by atoms with Crippen molar-refractivity contribution in [1.29, 1.82) is 0 Å². The molecule has 1 N–H and O–H groups in total. The summed E-state index contributed by atoms with van der Waals surface area (Å²) in [7, 11) is 0. The summed E-state index contributed by atoms with van der Waals surface area (Å²) < 4.78 is 0. The molecule has 4 atom stereocenters. The minimum absolute atomic E-state index is 0.0176. The van der Waals surface area contributed by atoms with E-state index in [-0.39, 0.29) is 22.4 Å². The molecule has 3 aliphatic carbocycles. The van der Waals surface area contributed by atoms with Crippen LogP contribution in [0.3, 0.4) is 0 Å². The molecule has 0 aromatic carbocycles. The predicted octanol–water partition coefficient (Wildman–Crippen LogP) is 5.38. The van der Waals surface area contributed by atoms with Crippen LogP contribution in [0.25, 0.3) is 0 Å². The SMILES string of the molecule is CC1=CCCC2C1(C)CCC(C)C2(C)CC1=CC(=O)C=C(NCC(C)C)C1=O. The first-order valence-corrected chi connectivity index (χ1v) is 11.0. The van der Waals surface area contributed by atoms with E-state index < -0.39 is 0 Å². The smallest absolute Gasteiger partial charge is 0.205 e. The standard InChI is InChI=1S/C25H37NO2/c1-16(2)15-26-21-13-20(27)12-19(23(21)28)14-25(6)18(4)10-11-24(5)17(3)8-7-9-22(24)25/h8,12-13,16,18,22,26H,7,9-11,14-15H2,1-6H3. The van der Waals surface area contributed by atoms with Crippen molar-refractivity contribution in [3.8, 4) is 0 Å². The highest BCUT2D eigenvalue weighted by molar-refractivity contribution is 6.20. The van der Waals surface area contributed by atoms with Crippen molar-refractivity contribution < 1.29 is 9.59 Å². The monoisotopic (exact) mass is 383 g/mol. The van der Waals surface area contributed by atoms with Crippen LogP contribution in [0.5, 0.6) is 0 Å². The number of hydrogen-bond donors (Lipinski definition) is 1. The first-order chi connectivity index (χ1) is 13.1. The van der Waals surface area contributed by atoms with Gasteiger partial charge in [0.1, 0.15) is 0 Å². The molecule has 0 amide bonds. The molecule has 0 heterocycles. The lowest BCUT2D eigenvalue weighted by atomic mass is 9.46. The average molecular weight is 384 g/mol. The number of carbonyl (C=O) groups excluding carboxylic acids is 2. The number of carbonyl (C=O) groups is 2. The van der Waals surface area contributed by atoms with Gasteiger partial charge in [-0.05, 0) is 73.7 Å². The second-order valence-electron chi connectivity index (χ2n) is 10.3. The number of hydrogen-bond acceptors (Lipinski definition) is 3. The molecule has 3 nitrogen and oxygen atoms in total. The van der Waals surface area contributed by atoms with E-state index in [4.69, 9.17) is 0 Å². The van der Waals surface area contributed by atoms with Crippen LogP contribution in [0, 0.1) is 28.6 Å². The van der Waals surface area contributed by atoms with Gasteiger partial charge in [0.25, 0.3) is 0 Å². The zero-order valence-electron chi connectivity index (χ0n) is 18.5. The van der Waals surface area contributed by atoms with Crippen molar-refractivity contribution in [2.75, 3.05) is 6.54 Å². The maximum absolute atomic E-state index is 13.1. The summed E-state index contributed by atoms with van der Waals surface area (Å²) in [6.07, 6.45) is 10.9. The fourth-order valence-electron chi connectivity index (χ4n) is 5.86. The Hall–Kier alpha value is -1.64. The van der Waals surface area contributed by atoms with Gasteiger partial charge in [-0.2, -0.15) is 0 Å². The van der Waals surface area contributed by atoms with Gasteiger partial charge in [0.2, 0.25) is 5.78 Å². The summed E-state index contributed by atoms with van der Waals surface area (Å²) >= 11 is 0. The Bertz CT molecular complexity index is 757. The van der Waals surface area contributed by atoms with E-state index in [1.54, 1.807) is 6.08 Å². The Morgan fingerprint density at radius 3 is 2.57 bits per heavy atom. The normalized spacial score (nSPS) is 35.9. The number of fused-ring (bicyclic) bond motifs is 1. The summed E-state index contributed by atoms with van der Waals surface area (Å²) in [5.41, 5.74) is 2.94. The molecular weight excluding hydrogens is 346 g/mol. The van der Waals surface area contributed by atoms with E-state index in [1.165, 1.54) is 30.9 Å². The van der Waals surface area contributed by atoms with Crippen molar-refractivity contribution in [1.82, 2.24) is 5.32 Å². The third-order valence-corrected chi connectivity index (χ3v) is 8.01. The van der Waals surface area contributed by atoms with Crippen molar-refractivity contribution in [3.63, 3.8) is 0 Å². The third kappa shape index (κ3) is 3.65. The molecular formula is C25H37NO2. The van der Waals surface area contributed by atoms with E-state index >= 15 is 0 Å². The summed E-state index contributed by atoms with van der Waals surface area (Å²) in [5, 5.41) is 3.20. The van der Waals surface area contributed by atoms with Gasteiger partial charge >= 0.3 is 0 Å². The first kappa shape index (κ1) is 21.1. The van der Waals surface area contributed by atoms with Crippen LogP contribution in [-0.2, 0) is 9.59 Å². The molecule has 1 saturated carbocycles. The van der Waals surface area contributed by atoms with Gasteiger partial charge in [-0.3, -0.25) is 9.59 Å².